The Hall–Kier alpha value is -1.87. The van der Waals surface area contributed by atoms with E-state index in [-0.39, 0.29) is 0 Å². The van der Waals surface area contributed by atoms with E-state index in [1.807, 2.05) is 12.1 Å². The summed E-state index contributed by atoms with van der Waals surface area (Å²) in [6.45, 7) is 0. The van der Waals surface area contributed by atoms with E-state index in [1.54, 1.807) is 17.2 Å². The first-order valence-corrected chi connectivity index (χ1v) is 8.17. The van der Waals surface area contributed by atoms with E-state index >= 15 is 0 Å². The van der Waals surface area contributed by atoms with Gasteiger partial charge in [0.1, 0.15) is 4.88 Å². The third kappa shape index (κ3) is 2.22. The Bertz CT molecular complexity index is 741. The zero-order chi connectivity index (χ0) is 14.4. The molecule has 1 aromatic heterocycles. The first-order valence-electron chi connectivity index (χ1n) is 7.36. The molecule has 1 N–H and O–H groups in total. The van der Waals surface area contributed by atoms with Crippen molar-refractivity contribution in [2.75, 3.05) is 0 Å². The fraction of sp³-hybridized carbons (Fsp3) is 0.278. The third-order valence-corrected chi connectivity index (χ3v) is 5.74. The minimum Gasteiger partial charge on any atom is -0.477 e. The summed E-state index contributed by atoms with van der Waals surface area (Å²) in [5, 5.41) is 8.94. The molecule has 1 aromatic carbocycles. The minimum atomic E-state index is -0.854. The maximum Gasteiger partial charge on any atom is 0.345 e. The quantitative estimate of drug-likeness (QED) is 0.867. The Morgan fingerprint density at radius 2 is 1.90 bits per heavy atom. The van der Waals surface area contributed by atoms with Crippen molar-refractivity contribution < 1.29 is 9.90 Å². The molecular formula is C18H16O2S. The summed E-state index contributed by atoms with van der Waals surface area (Å²) >= 11 is 1.31. The van der Waals surface area contributed by atoms with Crippen molar-refractivity contribution in [2.24, 2.45) is 0 Å². The van der Waals surface area contributed by atoms with Crippen LogP contribution in [0.2, 0.25) is 0 Å². The lowest BCUT2D eigenvalue weighted by molar-refractivity contribution is 0.0702. The van der Waals surface area contributed by atoms with Gasteiger partial charge in [-0.15, -0.1) is 11.3 Å². The van der Waals surface area contributed by atoms with Crippen molar-refractivity contribution in [2.45, 2.75) is 31.1 Å². The highest BCUT2D eigenvalue weighted by Crippen LogP contribution is 2.53. The number of rotatable bonds is 3. The second-order valence-corrected chi connectivity index (χ2v) is 7.05. The van der Waals surface area contributed by atoms with Gasteiger partial charge < -0.3 is 5.11 Å². The standard InChI is InChI=1S/C18H16O2S/c19-18(20)17-8-6-14(21-17)5-1-11-2-7-15-12-3-4-13(10-12)16(15)9-11/h1-2,5-9,12-13H,3-4,10H2,(H,19,20)/b5-1-. The fourth-order valence-corrected chi connectivity index (χ4v) is 4.45. The van der Waals surface area contributed by atoms with Gasteiger partial charge in [0.05, 0.1) is 0 Å². The lowest BCUT2D eigenvalue weighted by Crippen LogP contribution is -1.97. The van der Waals surface area contributed by atoms with Crippen LogP contribution < -0.4 is 0 Å². The van der Waals surface area contributed by atoms with Gasteiger partial charge in [-0.1, -0.05) is 24.3 Å². The van der Waals surface area contributed by atoms with Crippen LogP contribution in [0.25, 0.3) is 12.2 Å². The Morgan fingerprint density at radius 3 is 2.67 bits per heavy atom. The average Bonchev–Trinajstić information content (AvgIpc) is 3.20. The maximum atomic E-state index is 10.9. The Kier molecular flexibility index (Phi) is 2.96. The first kappa shape index (κ1) is 12.8. The molecule has 2 aliphatic carbocycles. The minimum absolute atomic E-state index is 0.390. The Labute approximate surface area is 127 Å². The van der Waals surface area contributed by atoms with Gasteiger partial charge in [0.15, 0.2) is 0 Å². The molecule has 2 bridgehead atoms. The number of aromatic carboxylic acids is 1. The van der Waals surface area contributed by atoms with Crippen molar-refractivity contribution in [3.8, 4) is 0 Å². The third-order valence-electron chi connectivity index (χ3n) is 4.70. The van der Waals surface area contributed by atoms with Crippen LogP contribution >= 0.6 is 11.3 Å². The van der Waals surface area contributed by atoms with E-state index in [4.69, 9.17) is 5.11 Å². The van der Waals surface area contributed by atoms with Crippen molar-refractivity contribution >= 4 is 29.5 Å². The predicted molar refractivity (Wildman–Crippen MR) is 86.0 cm³/mol. The number of carbonyl (C=O) groups is 1. The molecule has 1 fully saturated rings. The predicted octanol–water partition coefficient (Wildman–Crippen LogP) is 4.98. The van der Waals surface area contributed by atoms with E-state index in [0.717, 1.165) is 16.7 Å². The highest BCUT2D eigenvalue weighted by atomic mass is 32.1. The lowest BCUT2D eigenvalue weighted by atomic mass is 9.90. The van der Waals surface area contributed by atoms with Crippen molar-refractivity contribution in [3.05, 3.63) is 56.8 Å². The molecule has 0 aliphatic heterocycles. The normalized spacial score (nSPS) is 22.9. The van der Waals surface area contributed by atoms with Gasteiger partial charge >= 0.3 is 5.97 Å². The molecule has 2 aliphatic rings. The maximum absolute atomic E-state index is 10.9. The monoisotopic (exact) mass is 296 g/mol. The molecule has 1 saturated carbocycles. The van der Waals surface area contributed by atoms with E-state index in [9.17, 15) is 4.79 Å². The number of hydrogen-bond donors (Lipinski definition) is 1. The van der Waals surface area contributed by atoms with Gasteiger partial charge in [-0.05, 0) is 66.0 Å². The summed E-state index contributed by atoms with van der Waals surface area (Å²) in [5.74, 6) is 0.727. The number of benzene rings is 1. The Balaban J connectivity index is 1.58. The summed E-state index contributed by atoms with van der Waals surface area (Å²) in [6, 6.07) is 10.3. The lowest BCUT2D eigenvalue weighted by Gasteiger charge is -2.15. The summed E-state index contributed by atoms with van der Waals surface area (Å²) in [4.78, 5) is 12.2. The van der Waals surface area contributed by atoms with Gasteiger partial charge in [0, 0.05) is 4.88 Å². The Morgan fingerprint density at radius 1 is 1.10 bits per heavy atom. The van der Waals surface area contributed by atoms with E-state index in [1.165, 1.54) is 36.2 Å². The second-order valence-electron chi connectivity index (χ2n) is 5.94. The van der Waals surface area contributed by atoms with E-state index in [0.29, 0.717) is 4.88 Å². The van der Waals surface area contributed by atoms with Gasteiger partial charge in [-0.3, -0.25) is 0 Å². The highest BCUT2D eigenvalue weighted by molar-refractivity contribution is 7.14. The number of hydrogen-bond acceptors (Lipinski definition) is 2. The van der Waals surface area contributed by atoms with Crippen molar-refractivity contribution in [1.29, 1.82) is 0 Å². The molecule has 0 saturated heterocycles. The van der Waals surface area contributed by atoms with Crippen LogP contribution in [0.3, 0.4) is 0 Å². The number of fused-ring (bicyclic) bond motifs is 5. The summed E-state index contributed by atoms with van der Waals surface area (Å²) in [7, 11) is 0. The van der Waals surface area contributed by atoms with Crippen molar-refractivity contribution in [1.82, 2.24) is 0 Å². The summed E-state index contributed by atoms with van der Waals surface area (Å²) in [5.41, 5.74) is 4.32. The topological polar surface area (TPSA) is 37.3 Å². The van der Waals surface area contributed by atoms with Crippen LogP contribution in [0.5, 0.6) is 0 Å². The molecule has 4 rings (SSSR count). The van der Waals surface area contributed by atoms with Gasteiger partial charge in [0.2, 0.25) is 0 Å². The molecule has 2 aromatic rings. The number of carboxylic acid groups (broad SMARTS) is 1. The molecule has 106 valence electrons. The second kappa shape index (κ2) is 4.85. The molecule has 0 spiro atoms. The van der Waals surface area contributed by atoms with Crippen LogP contribution in [0.4, 0.5) is 0 Å². The highest BCUT2D eigenvalue weighted by Gasteiger charge is 2.36. The van der Waals surface area contributed by atoms with Crippen molar-refractivity contribution in [3.63, 3.8) is 0 Å². The SMILES string of the molecule is O=C(O)c1ccc(/C=C\c2ccc3c(c2)C2CCC3C2)s1. The zero-order valence-electron chi connectivity index (χ0n) is 11.6. The van der Waals surface area contributed by atoms with Gasteiger partial charge in [-0.25, -0.2) is 4.79 Å². The van der Waals surface area contributed by atoms with Gasteiger partial charge in [-0.2, -0.15) is 0 Å². The largest absolute Gasteiger partial charge is 0.477 e. The molecule has 21 heavy (non-hydrogen) atoms. The van der Waals surface area contributed by atoms with Crippen LogP contribution in [-0.2, 0) is 0 Å². The van der Waals surface area contributed by atoms with E-state index < -0.39 is 5.97 Å². The molecule has 1 heterocycles. The summed E-state index contributed by atoms with van der Waals surface area (Å²) in [6.07, 6.45) is 8.14. The summed E-state index contributed by atoms with van der Waals surface area (Å²) < 4.78 is 0. The van der Waals surface area contributed by atoms with Crippen LogP contribution in [0.1, 0.15) is 62.3 Å². The fourth-order valence-electron chi connectivity index (χ4n) is 3.70. The molecule has 0 amide bonds. The van der Waals surface area contributed by atoms with Crippen LogP contribution in [0.15, 0.2) is 30.3 Å². The zero-order valence-corrected chi connectivity index (χ0v) is 12.4. The molecule has 2 atom stereocenters. The molecule has 2 unspecified atom stereocenters. The number of thiophene rings is 1. The molecular weight excluding hydrogens is 280 g/mol. The van der Waals surface area contributed by atoms with Crippen LogP contribution in [0, 0.1) is 0 Å². The van der Waals surface area contributed by atoms with Gasteiger partial charge in [0.25, 0.3) is 0 Å². The molecule has 2 nitrogen and oxygen atoms in total. The number of carboxylic acids is 1. The smallest absolute Gasteiger partial charge is 0.345 e. The van der Waals surface area contributed by atoms with Crippen LogP contribution in [-0.4, -0.2) is 11.1 Å². The molecule has 0 radical (unpaired) electrons. The van der Waals surface area contributed by atoms with E-state index in [2.05, 4.69) is 24.3 Å². The first-order chi connectivity index (χ1) is 10.2. The molecule has 3 heteroatoms. The average molecular weight is 296 g/mol.